The Labute approximate surface area is 171 Å². The van der Waals surface area contributed by atoms with Crippen LogP contribution in [0, 0.1) is 12.8 Å². The van der Waals surface area contributed by atoms with Crippen LogP contribution in [0.2, 0.25) is 0 Å². The number of alkyl halides is 2. The lowest BCUT2D eigenvalue weighted by Gasteiger charge is -2.23. The number of amides is 2. The van der Waals surface area contributed by atoms with Crippen molar-refractivity contribution >= 4 is 23.1 Å². The van der Waals surface area contributed by atoms with Crippen LogP contribution in [-0.4, -0.2) is 39.3 Å². The molecular weight excluding hydrogens is 398 g/mol. The number of hydrogen-bond donors (Lipinski definition) is 2. The number of carbonyl (C=O) groups is 1. The maximum atomic E-state index is 12.6. The van der Waals surface area contributed by atoms with Gasteiger partial charge in [-0.25, -0.2) is 19.3 Å². The molecule has 0 fully saturated rings. The van der Waals surface area contributed by atoms with Crippen LogP contribution in [0.5, 0.6) is 5.88 Å². The van der Waals surface area contributed by atoms with Crippen LogP contribution < -0.4 is 15.4 Å². The van der Waals surface area contributed by atoms with E-state index >= 15 is 0 Å². The van der Waals surface area contributed by atoms with Gasteiger partial charge in [-0.05, 0) is 18.9 Å². The van der Waals surface area contributed by atoms with E-state index in [2.05, 4.69) is 30.4 Å². The van der Waals surface area contributed by atoms with Crippen molar-refractivity contribution in [2.75, 3.05) is 17.7 Å². The molecule has 2 amide bonds. The van der Waals surface area contributed by atoms with Crippen molar-refractivity contribution in [2.45, 2.75) is 33.5 Å². The van der Waals surface area contributed by atoms with Gasteiger partial charge in [0.2, 0.25) is 5.88 Å². The molecule has 0 bridgehead atoms. The molecule has 0 radical (unpaired) electrons. The summed E-state index contributed by atoms with van der Waals surface area (Å²) < 4.78 is 36.3. The van der Waals surface area contributed by atoms with E-state index in [0.717, 1.165) is 0 Å². The van der Waals surface area contributed by atoms with Gasteiger partial charge in [-0.1, -0.05) is 13.8 Å². The number of aromatic nitrogens is 4. The predicted octanol–water partition coefficient (Wildman–Crippen LogP) is 4.02. The summed E-state index contributed by atoms with van der Waals surface area (Å²) in [6.45, 7) is 2.56. The zero-order chi connectivity index (χ0) is 21.8. The van der Waals surface area contributed by atoms with Crippen molar-refractivity contribution in [1.82, 2.24) is 19.6 Å². The van der Waals surface area contributed by atoms with Crippen LogP contribution in [0.1, 0.15) is 31.2 Å². The number of fused-ring (bicyclic) bond motifs is 1. The monoisotopic (exact) mass is 420 g/mol. The van der Waals surface area contributed by atoms with Crippen LogP contribution in [0.15, 0.2) is 30.7 Å². The van der Waals surface area contributed by atoms with Crippen LogP contribution >= 0.6 is 0 Å². The van der Waals surface area contributed by atoms with E-state index in [9.17, 15) is 13.6 Å². The maximum absolute atomic E-state index is 12.6. The number of urea groups is 1. The average molecular weight is 420 g/mol. The first-order valence-electron chi connectivity index (χ1n) is 9.15. The van der Waals surface area contributed by atoms with Crippen molar-refractivity contribution in [3.05, 3.63) is 42.0 Å². The molecule has 9 nitrogen and oxygen atoms in total. The molecule has 3 aromatic heterocycles. The first-order valence-corrected chi connectivity index (χ1v) is 9.15. The number of ether oxygens (including phenoxy) is 2. The Bertz CT molecular complexity index is 1040. The van der Waals surface area contributed by atoms with Gasteiger partial charge in [0.25, 0.3) is 0 Å². The zero-order valence-corrected chi connectivity index (χ0v) is 16.9. The number of halogens is 2. The molecule has 0 aliphatic carbocycles. The second-order valence-electron chi connectivity index (χ2n) is 6.86. The molecule has 2 N–H and O–H groups in total. The summed E-state index contributed by atoms with van der Waals surface area (Å²) in [7, 11) is 1.59. The van der Waals surface area contributed by atoms with E-state index < -0.39 is 12.6 Å². The normalized spacial score (nSPS) is 12.4. The van der Waals surface area contributed by atoms with Crippen LogP contribution in [0.25, 0.3) is 5.65 Å². The van der Waals surface area contributed by atoms with E-state index in [1.807, 2.05) is 13.8 Å². The fourth-order valence-corrected chi connectivity index (χ4v) is 3.08. The quantitative estimate of drug-likeness (QED) is 0.598. The SMILES string of the molecule is COC(c1c(NC(=O)Nc2cnc(OC(F)F)c(C)c2)cnc2ccnn12)C(C)C. The lowest BCUT2D eigenvalue weighted by Crippen LogP contribution is -2.24. The molecular formula is C19H22F2N6O3. The minimum absolute atomic E-state index is 0.0997. The maximum Gasteiger partial charge on any atom is 0.388 e. The number of methoxy groups -OCH3 is 1. The number of rotatable bonds is 7. The molecule has 0 aliphatic heterocycles. The number of aryl methyl sites for hydroxylation is 1. The molecule has 3 heterocycles. The predicted molar refractivity (Wildman–Crippen MR) is 106 cm³/mol. The molecule has 3 rings (SSSR count). The van der Waals surface area contributed by atoms with Crippen molar-refractivity contribution in [3.8, 4) is 5.88 Å². The summed E-state index contributed by atoms with van der Waals surface area (Å²) in [5, 5.41) is 9.64. The van der Waals surface area contributed by atoms with Crippen molar-refractivity contribution in [2.24, 2.45) is 5.92 Å². The highest BCUT2D eigenvalue weighted by atomic mass is 19.3. The topological polar surface area (TPSA) is 103 Å². The van der Waals surface area contributed by atoms with Gasteiger partial charge in [0, 0.05) is 18.7 Å². The number of pyridine rings is 1. The summed E-state index contributed by atoms with van der Waals surface area (Å²) in [5.74, 6) is -0.103. The highest BCUT2D eigenvalue weighted by Gasteiger charge is 2.24. The Morgan fingerprint density at radius 2 is 1.97 bits per heavy atom. The second-order valence-corrected chi connectivity index (χ2v) is 6.86. The first kappa shape index (κ1) is 21.4. The molecule has 3 aromatic rings. The number of carbonyl (C=O) groups excluding carboxylic acids is 1. The molecule has 1 atom stereocenters. The Morgan fingerprint density at radius 3 is 2.60 bits per heavy atom. The molecule has 30 heavy (non-hydrogen) atoms. The van der Waals surface area contributed by atoms with Gasteiger partial charge in [-0.15, -0.1) is 0 Å². The van der Waals surface area contributed by atoms with Gasteiger partial charge in [0.15, 0.2) is 5.65 Å². The van der Waals surface area contributed by atoms with E-state index in [0.29, 0.717) is 28.3 Å². The Hall–Kier alpha value is -3.34. The molecule has 160 valence electrons. The standard InChI is InChI=1S/C19H22F2N6O3/c1-10(2)16(29-4)15-13(9-22-14-5-6-24-27(14)15)26-19(28)25-12-7-11(3)17(23-8-12)30-18(20)21/h5-10,16,18H,1-4H3,(H2,25,26,28). The molecule has 11 heteroatoms. The first-order chi connectivity index (χ1) is 14.3. The Morgan fingerprint density at radius 1 is 1.20 bits per heavy atom. The molecule has 0 spiro atoms. The smallest absolute Gasteiger partial charge is 0.388 e. The van der Waals surface area contributed by atoms with E-state index in [1.165, 1.54) is 18.5 Å². The summed E-state index contributed by atoms with van der Waals surface area (Å²) >= 11 is 0. The highest BCUT2D eigenvalue weighted by molar-refractivity contribution is 6.00. The van der Waals surface area contributed by atoms with Gasteiger partial charge in [-0.3, -0.25) is 0 Å². The van der Waals surface area contributed by atoms with Gasteiger partial charge < -0.3 is 20.1 Å². The zero-order valence-electron chi connectivity index (χ0n) is 16.9. The summed E-state index contributed by atoms with van der Waals surface area (Å²) in [5.41, 5.74) is 2.36. The van der Waals surface area contributed by atoms with Gasteiger partial charge >= 0.3 is 12.6 Å². The third-order valence-electron chi connectivity index (χ3n) is 4.32. The molecule has 1 unspecified atom stereocenters. The number of nitrogens with zero attached hydrogens (tertiary/aromatic N) is 4. The number of anilines is 2. The Balaban J connectivity index is 1.84. The van der Waals surface area contributed by atoms with Crippen LogP contribution in [0.4, 0.5) is 25.0 Å². The molecule has 0 aliphatic rings. The largest absolute Gasteiger partial charge is 0.417 e. The highest BCUT2D eigenvalue weighted by Crippen LogP contribution is 2.31. The average Bonchev–Trinajstić information content (AvgIpc) is 3.14. The van der Waals surface area contributed by atoms with Gasteiger partial charge in [0.05, 0.1) is 35.7 Å². The number of hydrogen-bond acceptors (Lipinski definition) is 6. The summed E-state index contributed by atoms with van der Waals surface area (Å²) in [4.78, 5) is 20.7. The van der Waals surface area contributed by atoms with Gasteiger partial charge in [0.1, 0.15) is 6.10 Å². The molecule has 0 saturated heterocycles. The van der Waals surface area contributed by atoms with Gasteiger partial charge in [-0.2, -0.15) is 13.9 Å². The molecule has 0 saturated carbocycles. The van der Waals surface area contributed by atoms with E-state index in [1.54, 1.807) is 30.8 Å². The van der Waals surface area contributed by atoms with Crippen LogP contribution in [-0.2, 0) is 4.74 Å². The third kappa shape index (κ3) is 4.62. The fraction of sp³-hybridized carbons (Fsp3) is 0.368. The van der Waals surface area contributed by atoms with Crippen molar-refractivity contribution in [1.29, 1.82) is 0 Å². The minimum atomic E-state index is -2.98. The van der Waals surface area contributed by atoms with E-state index in [-0.39, 0.29) is 17.9 Å². The summed E-state index contributed by atoms with van der Waals surface area (Å²) in [6, 6.07) is 2.66. The lowest BCUT2D eigenvalue weighted by molar-refractivity contribution is -0.0533. The number of nitrogens with one attached hydrogen (secondary N) is 2. The lowest BCUT2D eigenvalue weighted by atomic mass is 10.0. The van der Waals surface area contributed by atoms with Crippen molar-refractivity contribution in [3.63, 3.8) is 0 Å². The second kappa shape index (κ2) is 8.99. The van der Waals surface area contributed by atoms with Crippen molar-refractivity contribution < 1.29 is 23.0 Å². The Kier molecular flexibility index (Phi) is 6.40. The fourth-order valence-electron chi connectivity index (χ4n) is 3.08. The van der Waals surface area contributed by atoms with E-state index in [4.69, 9.17) is 4.74 Å². The summed E-state index contributed by atoms with van der Waals surface area (Å²) in [6.07, 6.45) is 4.02. The van der Waals surface area contributed by atoms with Crippen LogP contribution in [0.3, 0.4) is 0 Å². The molecule has 0 aromatic carbocycles. The third-order valence-corrected chi connectivity index (χ3v) is 4.32. The minimum Gasteiger partial charge on any atom is -0.417 e.